The quantitative estimate of drug-likeness (QED) is 0.526. The third-order valence-corrected chi connectivity index (χ3v) is 12.0. The summed E-state index contributed by atoms with van der Waals surface area (Å²) in [5.74, 6) is 9.27. The number of aliphatic hydroxyl groups excluding tert-OH is 2. The van der Waals surface area contributed by atoms with Crippen molar-refractivity contribution in [2.24, 2.45) is 71.0 Å². The van der Waals surface area contributed by atoms with Gasteiger partial charge in [0, 0.05) is 13.2 Å². The molecule has 12 atom stereocenters. The van der Waals surface area contributed by atoms with Gasteiger partial charge in [0.05, 0.1) is 0 Å². The third kappa shape index (κ3) is 3.18. The van der Waals surface area contributed by atoms with Crippen LogP contribution in [0.25, 0.3) is 0 Å². The van der Waals surface area contributed by atoms with E-state index < -0.39 is 0 Å². The van der Waals surface area contributed by atoms with Crippen molar-refractivity contribution in [2.45, 2.75) is 12.8 Å². The molecule has 3 saturated carbocycles. The molecule has 0 radical (unpaired) electrons. The number of ether oxygens (including phenoxy) is 4. The Morgan fingerprint density at radius 2 is 0.975 bits per heavy atom. The lowest BCUT2D eigenvalue weighted by Crippen LogP contribution is -2.67. The van der Waals surface area contributed by atoms with Gasteiger partial charge in [0.25, 0.3) is 0 Å². The van der Waals surface area contributed by atoms with Gasteiger partial charge < -0.3 is 29.2 Å². The SMILES string of the molecule is OC[C@@H]1[C@@H]2C=C[C@H]3[C@H]4C=C[C@@H]([C@H]3[C@@H]2[C@H]1Cc1ccc2c(c1)OCO2)[C@@H]1[C@H](CO)[C@@H](Cc2ccc3c(c2)OCO3)[C@H]41. The third-order valence-electron chi connectivity index (χ3n) is 12.0. The molecule has 0 saturated heterocycles. The highest BCUT2D eigenvalue weighted by Crippen LogP contribution is 2.70. The Kier molecular flexibility index (Phi) is 5.20. The number of allylic oxidation sites excluding steroid dienone is 4. The maximum atomic E-state index is 10.7. The van der Waals surface area contributed by atoms with Gasteiger partial charge in [-0.05, 0) is 119 Å². The molecule has 6 aliphatic carbocycles. The highest BCUT2D eigenvalue weighted by molar-refractivity contribution is 5.46. The number of benzene rings is 2. The van der Waals surface area contributed by atoms with E-state index in [1.165, 1.54) is 11.1 Å². The number of fused-ring (bicyclic) bond motifs is 3. The van der Waals surface area contributed by atoms with Gasteiger partial charge in [-0.15, -0.1) is 0 Å². The number of hydrogen-bond acceptors (Lipinski definition) is 6. The van der Waals surface area contributed by atoms with Crippen LogP contribution in [0.2, 0.25) is 0 Å². The van der Waals surface area contributed by atoms with Gasteiger partial charge >= 0.3 is 0 Å². The summed E-state index contributed by atoms with van der Waals surface area (Å²) in [7, 11) is 0. The lowest BCUT2D eigenvalue weighted by molar-refractivity contribution is -0.198. The maximum absolute atomic E-state index is 10.7. The minimum Gasteiger partial charge on any atom is -0.454 e. The predicted molar refractivity (Wildman–Crippen MR) is 147 cm³/mol. The molecule has 2 heterocycles. The van der Waals surface area contributed by atoms with Crippen LogP contribution in [0.1, 0.15) is 11.1 Å². The second-order valence-electron chi connectivity index (χ2n) is 13.2. The Labute approximate surface area is 234 Å². The lowest BCUT2D eigenvalue weighted by atomic mass is 9.34. The van der Waals surface area contributed by atoms with Crippen LogP contribution in [-0.2, 0) is 12.8 Å². The summed E-state index contributed by atoms with van der Waals surface area (Å²) < 4.78 is 22.4. The summed E-state index contributed by atoms with van der Waals surface area (Å²) in [6.07, 6.45) is 12.0. The van der Waals surface area contributed by atoms with Crippen molar-refractivity contribution in [3.05, 3.63) is 71.8 Å². The molecule has 8 aliphatic rings. The minimum atomic E-state index is 0.241. The zero-order chi connectivity index (χ0) is 26.5. The Hall–Kier alpha value is -2.96. The monoisotopic (exact) mass is 540 g/mol. The average molecular weight is 541 g/mol. The molecule has 0 aromatic heterocycles. The van der Waals surface area contributed by atoms with Crippen molar-refractivity contribution in [1.82, 2.24) is 0 Å². The summed E-state index contributed by atoms with van der Waals surface area (Å²) in [5, 5.41) is 21.1. The molecule has 208 valence electrons. The average Bonchev–Trinajstić information content (AvgIpc) is 3.63. The summed E-state index contributed by atoms with van der Waals surface area (Å²) in [6, 6.07) is 12.7. The normalized spacial score (nSPS) is 42.0. The smallest absolute Gasteiger partial charge is 0.231 e. The Morgan fingerprint density at radius 3 is 1.60 bits per heavy atom. The molecule has 10 rings (SSSR count). The molecule has 2 bridgehead atoms. The van der Waals surface area contributed by atoms with E-state index in [-0.39, 0.29) is 13.2 Å². The van der Waals surface area contributed by atoms with Gasteiger partial charge in [0.1, 0.15) is 0 Å². The van der Waals surface area contributed by atoms with Crippen molar-refractivity contribution in [2.75, 3.05) is 26.8 Å². The molecule has 2 N–H and O–H groups in total. The molecule has 3 fully saturated rings. The molecule has 6 heteroatoms. The molecule has 2 aromatic rings. The summed E-state index contributed by atoms with van der Waals surface area (Å²) >= 11 is 0. The first kappa shape index (κ1) is 23.7. The molecule has 0 amide bonds. The van der Waals surface area contributed by atoms with Crippen molar-refractivity contribution in [3.63, 3.8) is 0 Å². The van der Waals surface area contributed by atoms with Crippen LogP contribution in [-0.4, -0.2) is 37.0 Å². The largest absolute Gasteiger partial charge is 0.454 e. The summed E-state index contributed by atoms with van der Waals surface area (Å²) in [5.41, 5.74) is 2.55. The van der Waals surface area contributed by atoms with Crippen molar-refractivity contribution < 1.29 is 29.2 Å². The predicted octanol–water partition coefficient (Wildman–Crippen LogP) is 4.49. The van der Waals surface area contributed by atoms with E-state index in [0.29, 0.717) is 84.6 Å². The van der Waals surface area contributed by atoms with E-state index in [4.69, 9.17) is 18.9 Å². The summed E-state index contributed by atoms with van der Waals surface area (Å²) in [6.45, 7) is 1.09. The fourth-order valence-corrected chi connectivity index (χ4v) is 10.5. The molecule has 2 aromatic carbocycles. The molecule has 0 unspecified atom stereocenters. The number of rotatable bonds is 6. The number of hydrogen-bond donors (Lipinski definition) is 2. The second-order valence-corrected chi connectivity index (χ2v) is 13.2. The molecular formula is C34H36O6. The maximum Gasteiger partial charge on any atom is 0.231 e. The van der Waals surface area contributed by atoms with Gasteiger partial charge in [-0.1, -0.05) is 36.4 Å². The standard InChI is InChI=1S/C34H36O6/c35-13-25-21-4-3-19-20-5-6-22(31(19)33(21)23(25)9-17-1-7-27-29(11-17)39-15-37-27)34-26(14-36)24(32(20)34)10-18-2-8-28-30(12-18)40-16-38-28/h1-8,11-12,19-26,31-36H,9-10,13-16H2/t19-,20+,21-,22-,23-,24+,25+,26+,31-,32-,33-,34+/m0/s1. The molecule has 6 nitrogen and oxygen atoms in total. The molecule has 40 heavy (non-hydrogen) atoms. The van der Waals surface area contributed by atoms with E-state index >= 15 is 0 Å². The lowest BCUT2D eigenvalue weighted by Gasteiger charge is -2.70. The van der Waals surface area contributed by atoms with E-state index in [2.05, 4.69) is 48.6 Å². The van der Waals surface area contributed by atoms with Crippen LogP contribution in [0.4, 0.5) is 0 Å². The summed E-state index contributed by atoms with van der Waals surface area (Å²) in [4.78, 5) is 0. The molecular weight excluding hydrogens is 504 g/mol. The second kappa shape index (κ2) is 8.77. The van der Waals surface area contributed by atoms with Crippen LogP contribution < -0.4 is 18.9 Å². The van der Waals surface area contributed by atoms with Gasteiger partial charge in [-0.3, -0.25) is 0 Å². The Balaban J connectivity index is 0.998. The number of aliphatic hydroxyl groups is 2. The fourth-order valence-electron chi connectivity index (χ4n) is 10.5. The topological polar surface area (TPSA) is 77.4 Å². The van der Waals surface area contributed by atoms with Crippen LogP contribution in [0.15, 0.2) is 60.7 Å². The van der Waals surface area contributed by atoms with E-state index in [9.17, 15) is 10.2 Å². The van der Waals surface area contributed by atoms with Gasteiger partial charge in [0.15, 0.2) is 23.0 Å². The zero-order valence-corrected chi connectivity index (χ0v) is 22.5. The highest BCUT2D eigenvalue weighted by atomic mass is 16.7. The first-order valence-electron chi connectivity index (χ1n) is 15.1. The molecule has 0 spiro atoms. The highest BCUT2D eigenvalue weighted by Gasteiger charge is 2.67. The van der Waals surface area contributed by atoms with Gasteiger partial charge in [-0.25, -0.2) is 0 Å². The fraction of sp³-hybridized carbons (Fsp3) is 0.529. The van der Waals surface area contributed by atoms with E-state index in [1.54, 1.807) is 0 Å². The van der Waals surface area contributed by atoms with Crippen LogP contribution in [0, 0.1) is 71.0 Å². The Morgan fingerprint density at radius 1 is 0.500 bits per heavy atom. The van der Waals surface area contributed by atoms with Crippen LogP contribution in [0.5, 0.6) is 23.0 Å². The zero-order valence-electron chi connectivity index (χ0n) is 22.5. The van der Waals surface area contributed by atoms with Crippen molar-refractivity contribution in [3.8, 4) is 23.0 Å². The molecule has 2 aliphatic heterocycles. The van der Waals surface area contributed by atoms with Gasteiger partial charge in [-0.2, -0.15) is 0 Å². The van der Waals surface area contributed by atoms with Gasteiger partial charge in [0.2, 0.25) is 13.6 Å². The van der Waals surface area contributed by atoms with Crippen LogP contribution >= 0.6 is 0 Å². The first-order valence-corrected chi connectivity index (χ1v) is 15.1. The minimum absolute atomic E-state index is 0.241. The van der Waals surface area contributed by atoms with E-state index in [1.807, 2.05) is 12.1 Å². The van der Waals surface area contributed by atoms with Crippen LogP contribution in [0.3, 0.4) is 0 Å². The van der Waals surface area contributed by atoms with E-state index in [0.717, 1.165) is 35.8 Å². The van der Waals surface area contributed by atoms with Crippen molar-refractivity contribution in [1.29, 1.82) is 0 Å². The van der Waals surface area contributed by atoms with Crippen molar-refractivity contribution >= 4 is 0 Å². The Bertz CT molecular complexity index is 1400. The first-order chi connectivity index (χ1) is 19.7.